The van der Waals surface area contributed by atoms with Gasteiger partial charge in [0.15, 0.2) is 0 Å². The number of nitriles is 1. The summed E-state index contributed by atoms with van der Waals surface area (Å²) in [5.41, 5.74) is 0.0788. The molecule has 0 unspecified atom stereocenters. The molecule has 0 fully saturated rings. The number of aliphatic imine (C=N–C) groups is 1. The van der Waals surface area contributed by atoms with E-state index in [-0.39, 0.29) is 23.0 Å². The van der Waals surface area contributed by atoms with Crippen molar-refractivity contribution in [2.75, 3.05) is 0 Å². The maximum Gasteiger partial charge on any atom is 0.271 e. The smallest absolute Gasteiger partial charge is 0.271 e. The molecule has 0 spiro atoms. The van der Waals surface area contributed by atoms with Crippen LogP contribution in [0.3, 0.4) is 0 Å². The van der Waals surface area contributed by atoms with Crippen LogP contribution in [0, 0.1) is 18.3 Å². The first-order chi connectivity index (χ1) is 9.06. The molecule has 0 amide bonds. The van der Waals surface area contributed by atoms with Crippen molar-refractivity contribution in [1.29, 1.82) is 5.26 Å². The van der Waals surface area contributed by atoms with Crippen LogP contribution in [-0.4, -0.2) is 31.1 Å². The molecule has 0 aliphatic rings. The zero-order valence-corrected chi connectivity index (χ0v) is 10.2. The maximum atomic E-state index is 11.7. The third-order valence-electron chi connectivity index (χ3n) is 2.69. The molecule has 2 aromatic rings. The number of hydrogen-bond donors (Lipinski definition) is 2. The summed E-state index contributed by atoms with van der Waals surface area (Å²) >= 11 is 0. The fraction of sp³-hybridized carbons (Fsp3) is 0.182. The van der Waals surface area contributed by atoms with Gasteiger partial charge >= 0.3 is 0 Å². The molecule has 0 bridgehead atoms. The Balaban J connectivity index is 2.61. The minimum absolute atomic E-state index is 0.0284. The van der Waals surface area contributed by atoms with Crippen molar-refractivity contribution in [2.45, 2.75) is 6.92 Å². The number of aromatic hydroxyl groups is 1. The maximum absolute atomic E-state index is 11.7. The third kappa shape index (κ3) is 2.09. The van der Waals surface area contributed by atoms with E-state index in [1.165, 1.54) is 19.6 Å². The van der Waals surface area contributed by atoms with Crippen molar-refractivity contribution in [2.24, 2.45) is 12.0 Å². The lowest BCUT2D eigenvalue weighted by Crippen LogP contribution is -2.22. The van der Waals surface area contributed by atoms with E-state index in [2.05, 4.69) is 20.2 Å². The fourth-order valence-electron chi connectivity index (χ4n) is 1.58. The monoisotopic (exact) mass is 258 g/mol. The molecule has 0 aliphatic carbocycles. The number of H-pyrrole nitrogens is 1. The summed E-state index contributed by atoms with van der Waals surface area (Å²) in [6.07, 6.45) is 2.62. The molecule has 8 nitrogen and oxygen atoms in total. The van der Waals surface area contributed by atoms with Crippen molar-refractivity contribution in [1.82, 2.24) is 19.7 Å². The van der Waals surface area contributed by atoms with Gasteiger partial charge in [-0.1, -0.05) is 0 Å². The quantitative estimate of drug-likeness (QED) is 0.742. The summed E-state index contributed by atoms with van der Waals surface area (Å²) in [7, 11) is 1.38. The van der Waals surface area contributed by atoms with Crippen LogP contribution in [-0.2, 0) is 7.05 Å². The van der Waals surface area contributed by atoms with Gasteiger partial charge in [-0.15, -0.1) is 0 Å². The molecule has 2 rings (SSSR count). The summed E-state index contributed by atoms with van der Waals surface area (Å²) in [6, 6.07) is 1.82. The highest BCUT2D eigenvalue weighted by Gasteiger charge is 2.15. The highest BCUT2D eigenvalue weighted by Crippen LogP contribution is 2.19. The zero-order chi connectivity index (χ0) is 14.0. The van der Waals surface area contributed by atoms with E-state index in [0.717, 1.165) is 4.57 Å². The molecular weight excluding hydrogens is 248 g/mol. The summed E-state index contributed by atoms with van der Waals surface area (Å²) in [6.45, 7) is 1.57. The first-order valence-corrected chi connectivity index (χ1v) is 5.28. The topological polar surface area (TPSA) is 120 Å². The van der Waals surface area contributed by atoms with E-state index in [1.54, 1.807) is 6.92 Å². The van der Waals surface area contributed by atoms with E-state index in [9.17, 15) is 9.90 Å². The first kappa shape index (κ1) is 12.5. The highest BCUT2D eigenvalue weighted by atomic mass is 16.3. The Morgan fingerprint density at radius 3 is 2.95 bits per heavy atom. The lowest BCUT2D eigenvalue weighted by Gasteiger charge is -2.09. The SMILES string of the molecule is Cc1c(C=Nc2ncn[nH]2)c(O)n(C)c(=O)c1C#N. The van der Waals surface area contributed by atoms with Crippen molar-refractivity contribution >= 4 is 12.2 Å². The van der Waals surface area contributed by atoms with E-state index < -0.39 is 5.56 Å². The molecule has 0 aromatic carbocycles. The fourth-order valence-corrected chi connectivity index (χ4v) is 1.58. The van der Waals surface area contributed by atoms with Crippen LogP contribution in [0.25, 0.3) is 0 Å². The number of nitrogens with zero attached hydrogens (tertiary/aromatic N) is 5. The molecule has 8 heteroatoms. The molecule has 0 aliphatic heterocycles. The van der Waals surface area contributed by atoms with Gasteiger partial charge in [-0.2, -0.15) is 15.3 Å². The number of hydrogen-bond acceptors (Lipinski definition) is 6. The number of rotatable bonds is 2. The predicted octanol–water partition coefficient (Wildman–Crippen LogP) is 0.140. The Labute approximate surface area is 107 Å². The number of pyridine rings is 1. The van der Waals surface area contributed by atoms with Gasteiger partial charge in [-0.25, -0.2) is 10.1 Å². The zero-order valence-electron chi connectivity index (χ0n) is 10.2. The first-order valence-electron chi connectivity index (χ1n) is 5.28. The van der Waals surface area contributed by atoms with Gasteiger partial charge in [-0.05, 0) is 12.5 Å². The molecule has 2 aromatic heterocycles. The Kier molecular flexibility index (Phi) is 3.12. The largest absolute Gasteiger partial charge is 0.494 e. The van der Waals surface area contributed by atoms with Gasteiger partial charge in [0.05, 0.1) is 5.56 Å². The third-order valence-corrected chi connectivity index (χ3v) is 2.69. The summed E-state index contributed by atoms with van der Waals surface area (Å²) < 4.78 is 0.993. The lowest BCUT2D eigenvalue weighted by atomic mass is 10.1. The van der Waals surface area contributed by atoms with Crippen LogP contribution in [0.2, 0.25) is 0 Å². The molecular formula is C11H10N6O2. The van der Waals surface area contributed by atoms with Crippen LogP contribution >= 0.6 is 0 Å². The summed E-state index contributed by atoms with van der Waals surface area (Å²) in [4.78, 5) is 19.5. The predicted molar refractivity (Wildman–Crippen MR) is 66.4 cm³/mol. The highest BCUT2D eigenvalue weighted by molar-refractivity contribution is 5.86. The van der Waals surface area contributed by atoms with Crippen LogP contribution in [0.15, 0.2) is 16.1 Å². The Morgan fingerprint density at radius 1 is 1.63 bits per heavy atom. The van der Waals surface area contributed by atoms with Gasteiger partial charge in [0.25, 0.3) is 5.56 Å². The Morgan fingerprint density at radius 2 is 2.37 bits per heavy atom. The van der Waals surface area contributed by atoms with E-state index in [0.29, 0.717) is 5.56 Å². The lowest BCUT2D eigenvalue weighted by molar-refractivity contribution is 0.421. The van der Waals surface area contributed by atoms with Gasteiger partial charge in [0, 0.05) is 13.3 Å². The molecule has 2 heterocycles. The van der Waals surface area contributed by atoms with Gasteiger partial charge in [-0.3, -0.25) is 9.36 Å². The molecule has 2 N–H and O–H groups in total. The number of aromatic nitrogens is 4. The van der Waals surface area contributed by atoms with Crippen LogP contribution in [0.5, 0.6) is 5.88 Å². The van der Waals surface area contributed by atoms with E-state index in [4.69, 9.17) is 5.26 Å². The van der Waals surface area contributed by atoms with Crippen molar-refractivity contribution < 1.29 is 5.11 Å². The second-order valence-corrected chi connectivity index (χ2v) is 3.78. The molecule has 19 heavy (non-hydrogen) atoms. The molecule has 0 radical (unpaired) electrons. The molecule has 0 saturated carbocycles. The second kappa shape index (κ2) is 4.73. The van der Waals surface area contributed by atoms with Gasteiger partial charge in [0.2, 0.25) is 11.8 Å². The van der Waals surface area contributed by atoms with Gasteiger partial charge in [0.1, 0.15) is 18.0 Å². The van der Waals surface area contributed by atoms with Gasteiger partial charge < -0.3 is 5.11 Å². The van der Waals surface area contributed by atoms with Crippen LogP contribution < -0.4 is 5.56 Å². The standard InChI is InChI=1S/C11H10N6O2/c1-6-7(3-12)9(18)17(2)10(19)8(6)4-13-11-14-5-15-16-11/h4-5,19H,1-2H3,(H,14,15,16). The van der Waals surface area contributed by atoms with Crippen molar-refractivity contribution in [3.8, 4) is 11.9 Å². The van der Waals surface area contributed by atoms with Crippen LogP contribution in [0.4, 0.5) is 5.95 Å². The minimum atomic E-state index is -0.547. The molecule has 96 valence electrons. The van der Waals surface area contributed by atoms with Crippen LogP contribution in [0.1, 0.15) is 16.7 Å². The second-order valence-electron chi connectivity index (χ2n) is 3.78. The average molecular weight is 258 g/mol. The van der Waals surface area contributed by atoms with E-state index in [1.807, 2.05) is 6.07 Å². The average Bonchev–Trinajstić information content (AvgIpc) is 2.90. The Hall–Kier alpha value is -2.95. The van der Waals surface area contributed by atoms with Crippen molar-refractivity contribution in [3.63, 3.8) is 0 Å². The minimum Gasteiger partial charge on any atom is -0.494 e. The molecule has 0 saturated heterocycles. The summed E-state index contributed by atoms with van der Waals surface area (Å²) in [5.74, 6) is -0.00377. The summed E-state index contributed by atoms with van der Waals surface area (Å²) in [5, 5.41) is 25.0. The van der Waals surface area contributed by atoms with E-state index >= 15 is 0 Å². The number of aromatic amines is 1. The molecule has 0 atom stereocenters. The normalized spacial score (nSPS) is 10.8. The van der Waals surface area contributed by atoms with Crippen molar-refractivity contribution in [3.05, 3.63) is 33.4 Å². The Bertz CT molecular complexity index is 736. The number of nitrogens with one attached hydrogen (secondary N) is 1.